The highest BCUT2D eigenvalue weighted by atomic mass is 35.5. The number of benzene rings is 2. The van der Waals surface area contributed by atoms with Gasteiger partial charge in [0.25, 0.3) is 0 Å². The van der Waals surface area contributed by atoms with E-state index in [4.69, 9.17) is 21.3 Å². The molecule has 1 saturated heterocycles. The molecule has 8 heteroatoms. The summed E-state index contributed by atoms with van der Waals surface area (Å²) in [6.07, 6.45) is 1.45. The molecule has 0 bridgehead atoms. The van der Waals surface area contributed by atoms with E-state index in [9.17, 15) is 0 Å². The van der Waals surface area contributed by atoms with Gasteiger partial charge in [0.15, 0.2) is 0 Å². The van der Waals surface area contributed by atoms with Crippen LogP contribution in [0.25, 0.3) is 11.0 Å². The predicted octanol–water partition coefficient (Wildman–Crippen LogP) is 4.10. The minimum Gasteiger partial charge on any atom is -0.379 e. The number of fused-ring (bicyclic) bond motifs is 1. The molecule has 158 valence electrons. The van der Waals surface area contributed by atoms with Gasteiger partial charge in [-0.3, -0.25) is 4.90 Å². The Labute approximate surface area is 185 Å². The zero-order valence-corrected chi connectivity index (χ0v) is 17.8. The van der Waals surface area contributed by atoms with Crippen LogP contribution in [0.15, 0.2) is 60.9 Å². The first-order valence-electron chi connectivity index (χ1n) is 10.3. The number of ether oxygens (including phenoxy) is 1. The molecule has 0 aliphatic carbocycles. The maximum absolute atomic E-state index is 5.98. The number of nitrogens with zero attached hydrogens (tertiary/aromatic N) is 5. The van der Waals surface area contributed by atoms with E-state index in [1.165, 1.54) is 11.9 Å². The Kier molecular flexibility index (Phi) is 5.80. The lowest BCUT2D eigenvalue weighted by atomic mass is 10.2. The van der Waals surface area contributed by atoms with Crippen LogP contribution in [0.1, 0.15) is 11.4 Å². The molecule has 4 aromatic rings. The van der Waals surface area contributed by atoms with E-state index < -0.39 is 0 Å². The predicted molar refractivity (Wildman–Crippen MR) is 122 cm³/mol. The van der Waals surface area contributed by atoms with Crippen LogP contribution < -0.4 is 5.32 Å². The zero-order valence-electron chi connectivity index (χ0n) is 17.0. The summed E-state index contributed by atoms with van der Waals surface area (Å²) in [7, 11) is 0. The first-order valence-corrected chi connectivity index (χ1v) is 10.7. The average molecular weight is 435 g/mol. The van der Waals surface area contributed by atoms with Crippen LogP contribution >= 0.6 is 11.6 Å². The lowest BCUT2D eigenvalue weighted by Gasteiger charge is -2.26. The van der Waals surface area contributed by atoms with Gasteiger partial charge in [0.1, 0.15) is 23.1 Å². The summed E-state index contributed by atoms with van der Waals surface area (Å²) in [5.41, 5.74) is 4.30. The van der Waals surface area contributed by atoms with E-state index in [2.05, 4.69) is 55.1 Å². The van der Waals surface area contributed by atoms with E-state index in [0.29, 0.717) is 11.0 Å². The highest BCUT2D eigenvalue weighted by Crippen LogP contribution is 2.22. The second-order valence-corrected chi connectivity index (χ2v) is 7.93. The third kappa shape index (κ3) is 4.69. The summed E-state index contributed by atoms with van der Waals surface area (Å²) in [5.74, 6) is 1.74. The van der Waals surface area contributed by atoms with E-state index in [1.54, 1.807) is 6.07 Å². The molecule has 1 N–H and O–H groups in total. The molecule has 5 rings (SSSR count). The third-order valence-corrected chi connectivity index (χ3v) is 5.58. The second kappa shape index (κ2) is 9.01. The van der Waals surface area contributed by atoms with Crippen LogP contribution in [0.4, 0.5) is 11.5 Å². The minimum atomic E-state index is 0.409. The van der Waals surface area contributed by atoms with Crippen LogP contribution in [0, 0.1) is 0 Å². The summed E-state index contributed by atoms with van der Waals surface area (Å²) in [5, 5.41) is 3.71. The number of morpholine rings is 1. The fraction of sp³-hybridized carbons (Fsp3) is 0.261. The number of nitrogens with one attached hydrogen (secondary N) is 1. The molecule has 0 atom stereocenters. The van der Waals surface area contributed by atoms with Crippen molar-refractivity contribution in [2.75, 3.05) is 31.6 Å². The fourth-order valence-electron chi connectivity index (χ4n) is 3.86. The number of aromatic nitrogens is 4. The Morgan fingerprint density at radius 1 is 0.968 bits per heavy atom. The van der Waals surface area contributed by atoms with Gasteiger partial charge in [0.2, 0.25) is 0 Å². The topological polar surface area (TPSA) is 68.1 Å². The maximum atomic E-state index is 5.98. The zero-order chi connectivity index (χ0) is 21.0. The van der Waals surface area contributed by atoms with Gasteiger partial charge in [-0.2, -0.15) is 0 Å². The van der Waals surface area contributed by atoms with Crippen molar-refractivity contribution in [3.8, 4) is 0 Å². The summed E-state index contributed by atoms with van der Waals surface area (Å²) < 4.78 is 7.81. The van der Waals surface area contributed by atoms with Gasteiger partial charge >= 0.3 is 0 Å². The van der Waals surface area contributed by atoms with Gasteiger partial charge < -0.3 is 14.6 Å². The number of rotatable bonds is 6. The van der Waals surface area contributed by atoms with Crippen molar-refractivity contribution in [1.82, 2.24) is 24.4 Å². The molecule has 0 radical (unpaired) electrons. The van der Waals surface area contributed by atoms with Crippen LogP contribution in [-0.2, 0) is 17.8 Å². The largest absolute Gasteiger partial charge is 0.379 e. The molecule has 0 amide bonds. The van der Waals surface area contributed by atoms with E-state index in [-0.39, 0.29) is 0 Å². The summed E-state index contributed by atoms with van der Waals surface area (Å²) in [6, 6.07) is 18.3. The Balaban J connectivity index is 1.42. The molecule has 2 aromatic carbocycles. The van der Waals surface area contributed by atoms with Crippen molar-refractivity contribution >= 4 is 34.1 Å². The summed E-state index contributed by atoms with van der Waals surface area (Å²) in [6.45, 7) is 4.98. The number of para-hydroxylation sites is 2. The van der Waals surface area contributed by atoms with Crippen LogP contribution in [0.3, 0.4) is 0 Å². The summed E-state index contributed by atoms with van der Waals surface area (Å²) >= 11 is 5.98. The quantitative estimate of drug-likeness (QED) is 0.461. The Bertz CT molecular complexity index is 1190. The molecule has 0 spiro atoms. The Morgan fingerprint density at radius 3 is 2.71 bits per heavy atom. The SMILES string of the molecule is Clc1cc(Nc2cccc(Cn3c(CN4CCOCC4)nc4ccccc43)c2)ncn1. The van der Waals surface area contributed by atoms with Crippen molar-refractivity contribution < 1.29 is 4.74 Å². The van der Waals surface area contributed by atoms with Crippen LogP contribution in [0.2, 0.25) is 5.15 Å². The maximum Gasteiger partial charge on any atom is 0.135 e. The smallest absolute Gasteiger partial charge is 0.135 e. The van der Waals surface area contributed by atoms with Crippen molar-refractivity contribution in [1.29, 1.82) is 0 Å². The van der Waals surface area contributed by atoms with Gasteiger partial charge in [-0.15, -0.1) is 0 Å². The Morgan fingerprint density at radius 2 is 1.84 bits per heavy atom. The number of anilines is 2. The monoisotopic (exact) mass is 434 g/mol. The van der Waals surface area contributed by atoms with Crippen molar-refractivity contribution in [2.45, 2.75) is 13.1 Å². The standard InChI is InChI=1S/C23H23ClN6O/c24-21-13-22(26-16-25-21)27-18-5-3-4-17(12-18)14-30-20-7-2-1-6-19(20)28-23(30)15-29-8-10-31-11-9-29/h1-7,12-13,16H,8-11,14-15H2,(H,25,26,27). The van der Waals surface area contributed by atoms with E-state index >= 15 is 0 Å². The molecule has 31 heavy (non-hydrogen) atoms. The minimum absolute atomic E-state index is 0.409. The highest BCUT2D eigenvalue weighted by molar-refractivity contribution is 6.29. The number of hydrogen-bond donors (Lipinski definition) is 1. The van der Waals surface area contributed by atoms with Crippen LogP contribution in [-0.4, -0.2) is 50.7 Å². The molecular weight excluding hydrogens is 412 g/mol. The van der Waals surface area contributed by atoms with Crippen LogP contribution in [0.5, 0.6) is 0 Å². The normalized spacial score (nSPS) is 14.7. The molecule has 1 aliphatic rings. The van der Waals surface area contributed by atoms with E-state index in [0.717, 1.165) is 61.9 Å². The molecule has 0 saturated carbocycles. The molecule has 2 aromatic heterocycles. The number of imidazole rings is 1. The second-order valence-electron chi connectivity index (χ2n) is 7.54. The molecule has 7 nitrogen and oxygen atoms in total. The molecule has 1 fully saturated rings. The van der Waals surface area contributed by atoms with Gasteiger partial charge in [-0.05, 0) is 29.8 Å². The highest BCUT2D eigenvalue weighted by Gasteiger charge is 2.17. The lowest BCUT2D eigenvalue weighted by molar-refractivity contribution is 0.0327. The molecular formula is C23H23ClN6O. The lowest BCUT2D eigenvalue weighted by Crippen LogP contribution is -2.36. The first kappa shape index (κ1) is 19.9. The first-order chi connectivity index (χ1) is 15.2. The number of halogens is 1. The van der Waals surface area contributed by atoms with E-state index in [1.807, 2.05) is 18.2 Å². The van der Waals surface area contributed by atoms with Gasteiger partial charge in [0, 0.05) is 31.4 Å². The fourth-order valence-corrected chi connectivity index (χ4v) is 4.01. The third-order valence-electron chi connectivity index (χ3n) is 5.38. The van der Waals surface area contributed by atoms with Crippen molar-refractivity contribution in [3.63, 3.8) is 0 Å². The average Bonchev–Trinajstić information content (AvgIpc) is 3.12. The molecule has 1 aliphatic heterocycles. The number of hydrogen-bond acceptors (Lipinski definition) is 6. The van der Waals surface area contributed by atoms with Gasteiger partial charge in [-0.25, -0.2) is 15.0 Å². The van der Waals surface area contributed by atoms with Crippen molar-refractivity contribution in [2.24, 2.45) is 0 Å². The van der Waals surface area contributed by atoms with Gasteiger partial charge in [0.05, 0.1) is 30.8 Å². The molecule has 3 heterocycles. The molecule has 0 unspecified atom stereocenters. The summed E-state index contributed by atoms with van der Waals surface area (Å²) in [4.78, 5) is 15.5. The van der Waals surface area contributed by atoms with Gasteiger partial charge in [-0.1, -0.05) is 35.9 Å². The van der Waals surface area contributed by atoms with Crippen molar-refractivity contribution in [3.05, 3.63) is 77.5 Å². The Hall–Kier alpha value is -3.00.